The molecule has 0 atom stereocenters. The van der Waals surface area contributed by atoms with E-state index in [1.165, 1.54) is 16.8 Å². The summed E-state index contributed by atoms with van der Waals surface area (Å²) >= 11 is 0. The van der Waals surface area contributed by atoms with Crippen molar-refractivity contribution in [2.24, 2.45) is 0 Å². The number of hydrogen-bond acceptors (Lipinski definition) is 2. The lowest BCUT2D eigenvalue weighted by molar-refractivity contribution is 0.589. The average molecular weight is 244 g/mol. The van der Waals surface area contributed by atoms with E-state index in [4.69, 9.17) is 5.26 Å². The number of hydrogen-bond donors (Lipinski definition) is 0. The summed E-state index contributed by atoms with van der Waals surface area (Å²) in [7, 11) is 2.09. The van der Waals surface area contributed by atoms with E-state index in [0.717, 1.165) is 13.0 Å². The largest absolute Gasteiger partial charge is 0.374 e. The van der Waals surface area contributed by atoms with Crippen LogP contribution < -0.4 is 4.90 Å². The Morgan fingerprint density at radius 2 is 1.94 bits per heavy atom. The SMILES string of the molecule is Cc1cc(C(C)(C)C)ccc1N(C)CCCC#N. The first-order valence-corrected chi connectivity index (χ1v) is 6.55. The number of anilines is 1. The minimum Gasteiger partial charge on any atom is -0.374 e. The van der Waals surface area contributed by atoms with E-state index in [9.17, 15) is 0 Å². The maximum atomic E-state index is 8.56. The van der Waals surface area contributed by atoms with Crippen molar-refractivity contribution < 1.29 is 0 Å². The highest BCUT2D eigenvalue weighted by Crippen LogP contribution is 2.27. The fourth-order valence-corrected chi connectivity index (χ4v) is 2.07. The molecule has 0 aliphatic carbocycles. The van der Waals surface area contributed by atoms with Gasteiger partial charge in [-0.15, -0.1) is 0 Å². The number of benzene rings is 1. The van der Waals surface area contributed by atoms with Crippen molar-refractivity contribution >= 4 is 5.69 Å². The van der Waals surface area contributed by atoms with Gasteiger partial charge in [-0.25, -0.2) is 0 Å². The van der Waals surface area contributed by atoms with Crippen molar-refractivity contribution in [3.05, 3.63) is 29.3 Å². The molecule has 0 fully saturated rings. The standard InChI is InChI=1S/C16H24N2/c1-13-12-14(16(2,3)4)8-9-15(13)18(5)11-7-6-10-17/h8-9,12H,6-7,11H2,1-5H3. The molecule has 0 amide bonds. The number of nitrogens with zero attached hydrogens (tertiary/aromatic N) is 2. The minimum atomic E-state index is 0.197. The second-order valence-corrected chi connectivity index (χ2v) is 5.93. The van der Waals surface area contributed by atoms with E-state index >= 15 is 0 Å². The molecule has 18 heavy (non-hydrogen) atoms. The molecule has 2 heteroatoms. The number of nitriles is 1. The number of unbranched alkanes of at least 4 members (excludes halogenated alkanes) is 1. The molecule has 98 valence electrons. The van der Waals surface area contributed by atoms with Gasteiger partial charge in [0.25, 0.3) is 0 Å². The highest BCUT2D eigenvalue weighted by atomic mass is 15.1. The van der Waals surface area contributed by atoms with Crippen LogP contribution in [0, 0.1) is 18.3 Å². The lowest BCUT2D eigenvalue weighted by Crippen LogP contribution is -2.20. The number of aryl methyl sites for hydroxylation is 1. The molecule has 0 spiro atoms. The van der Waals surface area contributed by atoms with E-state index in [1.807, 2.05) is 0 Å². The average Bonchev–Trinajstić information content (AvgIpc) is 2.27. The van der Waals surface area contributed by atoms with Crippen LogP contribution in [0.1, 0.15) is 44.7 Å². The summed E-state index contributed by atoms with van der Waals surface area (Å²) in [6, 6.07) is 8.87. The number of rotatable bonds is 4. The van der Waals surface area contributed by atoms with Crippen molar-refractivity contribution in [1.82, 2.24) is 0 Å². The first-order chi connectivity index (χ1) is 8.36. The molecule has 1 aromatic carbocycles. The first-order valence-electron chi connectivity index (χ1n) is 6.55. The Labute approximate surface area is 111 Å². The second kappa shape index (κ2) is 5.91. The summed E-state index contributed by atoms with van der Waals surface area (Å²) in [4.78, 5) is 2.24. The van der Waals surface area contributed by atoms with Crippen LogP contribution in [0.2, 0.25) is 0 Å². The maximum Gasteiger partial charge on any atom is 0.0622 e. The third-order valence-electron chi connectivity index (χ3n) is 3.26. The van der Waals surface area contributed by atoms with Crippen LogP contribution in [0.15, 0.2) is 18.2 Å². The van der Waals surface area contributed by atoms with Gasteiger partial charge >= 0.3 is 0 Å². The van der Waals surface area contributed by atoms with Crippen LogP contribution in [0.5, 0.6) is 0 Å². The molecular weight excluding hydrogens is 220 g/mol. The Morgan fingerprint density at radius 1 is 1.28 bits per heavy atom. The van der Waals surface area contributed by atoms with Crippen molar-refractivity contribution in [2.45, 2.75) is 46.0 Å². The van der Waals surface area contributed by atoms with Gasteiger partial charge in [0.2, 0.25) is 0 Å². The third-order valence-corrected chi connectivity index (χ3v) is 3.26. The minimum absolute atomic E-state index is 0.197. The van der Waals surface area contributed by atoms with Crippen LogP contribution in [0.3, 0.4) is 0 Å². The predicted octanol–water partition coefficient (Wildman–Crippen LogP) is 4.03. The third kappa shape index (κ3) is 3.77. The first kappa shape index (κ1) is 14.6. The zero-order chi connectivity index (χ0) is 13.8. The molecule has 2 nitrogen and oxygen atoms in total. The Balaban J connectivity index is 2.83. The van der Waals surface area contributed by atoms with E-state index in [1.54, 1.807) is 0 Å². The van der Waals surface area contributed by atoms with E-state index in [2.05, 4.69) is 63.9 Å². The summed E-state index contributed by atoms with van der Waals surface area (Å²) < 4.78 is 0. The summed E-state index contributed by atoms with van der Waals surface area (Å²) in [5.41, 5.74) is 4.14. The molecule has 0 radical (unpaired) electrons. The second-order valence-electron chi connectivity index (χ2n) is 5.93. The Kier molecular flexibility index (Phi) is 4.78. The van der Waals surface area contributed by atoms with Gasteiger partial charge in [0.15, 0.2) is 0 Å². The highest BCUT2D eigenvalue weighted by Gasteiger charge is 2.15. The Morgan fingerprint density at radius 3 is 2.44 bits per heavy atom. The van der Waals surface area contributed by atoms with Crippen LogP contribution in [0.4, 0.5) is 5.69 Å². The van der Waals surface area contributed by atoms with Gasteiger partial charge in [0.1, 0.15) is 0 Å². The lowest BCUT2D eigenvalue weighted by atomic mass is 9.86. The molecule has 0 saturated carbocycles. The van der Waals surface area contributed by atoms with Gasteiger partial charge in [0, 0.05) is 25.7 Å². The molecule has 1 rings (SSSR count). The summed E-state index contributed by atoms with van der Waals surface area (Å²) in [6.07, 6.45) is 1.55. The highest BCUT2D eigenvalue weighted by molar-refractivity contribution is 5.54. The Bertz CT molecular complexity index is 435. The fourth-order valence-electron chi connectivity index (χ4n) is 2.07. The van der Waals surface area contributed by atoms with Gasteiger partial charge in [-0.3, -0.25) is 0 Å². The van der Waals surface area contributed by atoms with Crippen LogP contribution >= 0.6 is 0 Å². The van der Waals surface area contributed by atoms with Crippen molar-refractivity contribution in [3.8, 4) is 6.07 Å². The van der Waals surface area contributed by atoms with Gasteiger partial charge in [-0.05, 0) is 36.0 Å². The molecule has 0 unspecified atom stereocenters. The van der Waals surface area contributed by atoms with Gasteiger partial charge < -0.3 is 4.90 Å². The fraction of sp³-hybridized carbons (Fsp3) is 0.562. The summed E-state index contributed by atoms with van der Waals surface area (Å²) in [5, 5.41) is 8.56. The maximum absolute atomic E-state index is 8.56. The van der Waals surface area contributed by atoms with E-state index < -0.39 is 0 Å². The van der Waals surface area contributed by atoms with Crippen LogP contribution in [-0.4, -0.2) is 13.6 Å². The van der Waals surface area contributed by atoms with Crippen LogP contribution in [-0.2, 0) is 5.41 Å². The smallest absolute Gasteiger partial charge is 0.0622 e. The van der Waals surface area contributed by atoms with E-state index in [-0.39, 0.29) is 5.41 Å². The Hall–Kier alpha value is -1.49. The molecule has 0 saturated heterocycles. The molecular formula is C16H24N2. The molecule has 0 aliphatic heterocycles. The van der Waals surface area contributed by atoms with Crippen molar-refractivity contribution in [2.75, 3.05) is 18.5 Å². The molecule has 1 aromatic rings. The zero-order valence-corrected chi connectivity index (χ0v) is 12.2. The van der Waals surface area contributed by atoms with Crippen molar-refractivity contribution in [1.29, 1.82) is 5.26 Å². The van der Waals surface area contributed by atoms with E-state index in [0.29, 0.717) is 6.42 Å². The zero-order valence-electron chi connectivity index (χ0n) is 12.2. The topological polar surface area (TPSA) is 27.0 Å². The normalized spacial score (nSPS) is 11.1. The summed E-state index contributed by atoms with van der Waals surface area (Å²) in [6.45, 7) is 9.79. The molecule has 0 N–H and O–H groups in total. The molecule has 0 aliphatic rings. The predicted molar refractivity (Wildman–Crippen MR) is 78.0 cm³/mol. The quantitative estimate of drug-likeness (QED) is 0.748. The monoisotopic (exact) mass is 244 g/mol. The molecule has 0 aromatic heterocycles. The van der Waals surface area contributed by atoms with Gasteiger partial charge in [-0.2, -0.15) is 5.26 Å². The molecule has 0 heterocycles. The van der Waals surface area contributed by atoms with Gasteiger partial charge in [0.05, 0.1) is 6.07 Å². The van der Waals surface area contributed by atoms with Crippen molar-refractivity contribution in [3.63, 3.8) is 0 Å². The lowest BCUT2D eigenvalue weighted by Gasteiger charge is -2.25. The van der Waals surface area contributed by atoms with Crippen LogP contribution in [0.25, 0.3) is 0 Å². The molecule has 0 bridgehead atoms. The summed E-state index contributed by atoms with van der Waals surface area (Å²) in [5.74, 6) is 0. The van der Waals surface area contributed by atoms with Gasteiger partial charge in [-0.1, -0.05) is 32.9 Å².